The van der Waals surface area contributed by atoms with Gasteiger partial charge in [0.15, 0.2) is 0 Å². The van der Waals surface area contributed by atoms with Crippen LogP contribution >= 0.6 is 0 Å². The SMILES string of the molecule is CCCCCCCCCCCCCCCCCC(=O)[SiH](C)C. The smallest absolute Gasteiger partial charge is 0.111 e. The molecule has 0 unspecified atom stereocenters. The van der Waals surface area contributed by atoms with Crippen LogP contribution in [-0.2, 0) is 4.79 Å². The van der Waals surface area contributed by atoms with E-state index in [1.807, 2.05) is 0 Å². The summed E-state index contributed by atoms with van der Waals surface area (Å²) in [5, 5.41) is 0.578. The minimum absolute atomic E-state index is 0.578. The van der Waals surface area contributed by atoms with Gasteiger partial charge < -0.3 is 4.79 Å². The van der Waals surface area contributed by atoms with Crippen molar-refractivity contribution in [3.05, 3.63) is 0 Å². The molecule has 0 aliphatic rings. The highest BCUT2D eigenvalue weighted by Gasteiger charge is 2.07. The van der Waals surface area contributed by atoms with Crippen LogP contribution in [0.3, 0.4) is 0 Å². The molecule has 2 heteroatoms. The fourth-order valence-electron chi connectivity index (χ4n) is 2.96. The molecule has 22 heavy (non-hydrogen) atoms. The van der Waals surface area contributed by atoms with Gasteiger partial charge in [0, 0.05) is 6.42 Å². The van der Waals surface area contributed by atoms with E-state index in [-0.39, 0.29) is 0 Å². The zero-order chi connectivity index (χ0) is 16.5. The van der Waals surface area contributed by atoms with Crippen molar-refractivity contribution in [2.75, 3.05) is 0 Å². The Hall–Kier alpha value is -0.113. The summed E-state index contributed by atoms with van der Waals surface area (Å²) in [6.07, 6.45) is 21.7. The molecule has 0 aliphatic heterocycles. The Kier molecular flexibility index (Phi) is 17.2. The Morgan fingerprint density at radius 1 is 0.591 bits per heavy atom. The number of hydrogen-bond acceptors (Lipinski definition) is 1. The molecule has 0 saturated heterocycles. The summed E-state index contributed by atoms with van der Waals surface area (Å²) in [5.41, 5.74) is 0. The van der Waals surface area contributed by atoms with E-state index >= 15 is 0 Å². The van der Waals surface area contributed by atoms with Crippen molar-refractivity contribution in [3.8, 4) is 0 Å². The first kappa shape index (κ1) is 21.9. The van der Waals surface area contributed by atoms with Gasteiger partial charge in [0.1, 0.15) is 14.2 Å². The second-order valence-electron chi connectivity index (χ2n) is 7.32. The fraction of sp³-hybridized carbons (Fsp3) is 0.950. The minimum atomic E-state index is -0.996. The normalized spacial score (nSPS) is 11.3. The van der Waals surface area contributed by atoms with Crippen molar-refractivity contribution in [2.24, 2.45) is 0 Å². The van der Waals surface area contributed by atoms with E-state index in [4.69, 9.17) is 0 Å². The summed E-state index contributed by atoms with van der Waals surface area (Å²) in [6.45, 7) is 6.58. The summed E-state index contributed by atoms with van der Waals surface area (Å²) in [6, 6.07) is 0. The molecule has 0 saturated carbocycles. The predicted octanol–water partition coefficient (Wildman–Crippen LogP) is 6.84. The number of unbranched alkanes of at least 4 members (excludes halogenated alkanes) is 14. The van der Waals surface area contributed by atoms with E-state index in [2.05, 4.69) is 20.0 Å². The maximum atomic E-state index is 11.5. The standard InChI is InChI=1S/C20H42OSi/c1-4-5-6-7-8-9-10-11-12-13-14-15-16-17-18-19-20(21)22(2)3/h22H,4-19H2,1-3H3. The number of carbonyl (C=O) groups is 1. The first-order valence-electron chi connectivity index (χ1n) is 10.2. The maximum absolute atomic E-state index is 11.5. The van der Waals surface area contributed by atoms with Gasteiger partial charge in [-0.1, -0.05) is 110 Å². The molecule has 0 aromatic heterocycles. The van der Waals surface area contributed by atoms with Gasteiger partial charge in [-0.25, -0.2) is 0 Å². The first-order chi connectivity index (χ1) is 10.7. The quantitative estimate of drug-likeness (QED) is 0.211. The molecular weight excluding hydrogens is 284 g/mol. The van der Waals surface area contributed by atoms with Gasteiger partial charge >= 0.3 is 0 Å². The molecule has 0 atom stereocenters. The second-order valence-corrected chi connectivity index (χ2v) is 10.3. The molecule has 0 bridgehead atoms. The third-order valence-corrected chi connectivity index (χ3v) is 6.25. The van der Waals surface area contributed by atoms with Crippen LogP contribution in [0.4, 0.5) is 0 Å². The highest BCUT2D eigenvalue weighted by molar-refractivity contribution is 6.88. The molecule has 0 heterocycles. The van der Waals surface area contributed by atoms with Crippen LogP contribution in [0.15, 0.2) is 0 Å². The number of hydrogen-bond donors (Lipinski definition) is 0. The lowest BCUT2D eigenvalue weighted by Gasteiger charge is -2.04. The van der Waals surface area contributed by atoms with Crippen LogP contribution in [0.5, 0.6) is 0 Å². The summed E-state index contributed by atoms with van der Waals surface area (Å²) >= 11 is 0. The van der Waals surface area contributed by atoms with Gasteiger partial charge in [-0.3, -0.25) is 0 Å². The van der Waals surface area contributed by atoms with Crippen LogP contribution < -0.4 is 0 Å². The summed E-state index contributed by atoms with van der Waals surface area (Å²) in [4.78, 5) is 11.5. The average molecular weight is 327 g/mol. The lowest BCUT2D eigenvalue weighted by molar-refractivity contribution is -0.112. The summed E-state index contributed by atoms with van der Waals surface area (Å²) in [7, 11) is -0.996. The van der Waals surface area contributed by atoms with Crippen LogP contribution in [0, 0.1) is 0 Å². The number of rotatable bonds is 17. The maximum Gasteiger partial charge on any atom is 0.111 e. The third kappa shape index (κ3) is 16.3. The van der Waals surface area contributed by atoms with Crippen molar-refractivity contribution in [2.45, 2.75) is 123 Å². The molecule has 0 fully saturated rings. The molecule has 0 spiro atoms. The van der Waals surface area contributed by atoms with Gasteiger partial charge in [-0.15, -0.1) is 0 Å². The highest BCUT2D eigenvalue weighted by atomic mass is 28.3. The molecule has 0 amide bonds. The predicted molar refractivity (Wildman–Crippen MR) is 103 cm³/mol. The van der Waals surface area contributed by atoms with Crippen molar-refractivity contribution >= 4 is 14.2 Å². The molecule has 0 aliphatic carbocycles. The van der Waals surface area contributed by atoms with E-state index in [1.165, 1.54) is 89.9 Å². The second kappa shape index (κ2) is 17.2. The Balaban J connectivity index is 3.04. The molecule has 132 valence electrons. The van der Waals surface area contributed by atoms with Crippen LogP contribution in [-0.4, -0.2) is 14.2 Å². The molecule has 0 rings (SSSR count). The lowest BCUT2D eigenvalue weighted by Crippen LogP contribution is -2.16. The Morgan fingerprint density at radius 2 is 0.909 bits per heavy atom. The molecule has 1 nitrogen and oxygen atoms in total. The molecule has 0 N–H and O–H groups in total. The zero-order valence-corrected chi connectivity index (χ0v) is 17.0. The Labute approximate surface area is 142 Å². The van der Waals surface area contributed by atoms with Crippen molar-refractivity contribution in [1.82, 2.24) is 0 Å². The summed E-state index contributed by atoms with van der Waals surface area (Å²) in [5.74, 6) is 0. The van der Waals surface area contributed by atoms with Gasteiger partial charge in [0.25, 0.3) is 0 Å². The van der Waals surface area contributed by atoms with E-state index in [1.54, 1.807) is 0 Å². The lowest BCUT2D eigenvalue weighted by atomic mass is 10.0. The van der Waals surface area contributed by atoms with Crippen molar-refractivity contribution in [3.63, 3.8) is 0 Å². The molecule has 0 aromatic carbocycles. The van der Waals surface area contributed by atoms with Crippen LogP contribution in [0.2, 0.25) is 13.1 Å². The Bertz CT molecular complexity index is 238. The minimum Gasteiger partial charge on any atom is -0.306 e. The van der Waals surface area contributed by atoms with Crippen molar-refractivity contribution < 1.29 is 4.79 Å². The molecular formula is C20H42OSi. The van der Waals surface area contributed by atoms with Crippen LogP contribution in [0.25, 0.3) is 0 Å². The average Bonchev–Trinajstić information content (AvgIpc) is 2.50. The van der Waals surface area contributed by atoms with Gasteiger partial charge in [-0.2, -0.15) is 0 Å². The largest absolute Gasteiger partial charge is 0.306 e. The van der Waals surface area contributed by atoms with E-state index in [0.29, 0.717) is 5.41 Å². The van der Waals surface area contributed by atoms with E-state index in [9.17, 15) is 4.79 Å². The van der Waals surface area contributed by atoms with E-state index in [0.717, 1.165) is 12.8 Å². The van der Waals surface area contributed by atoms with Crippen LogP contribution in [0.1, 0.15) is 110 Å². The van der Waals surface area contributed by atoms with Crippen molar-refractivity contribution in [1.29, 1.82) is 0 Å². The molecule has 0 radical (unpaired) electrons. The third-order valence-electron chi connectivity index (χ3n) is 4.67. The van der Waals surface area contributed by atoms with E-state index < -0.39 is 8.80 Å². The van der Waals surface area contributed by atoms with Gasteiger partial charge in [-0.05, 0) is 6.42 Å². The monoisotopic (exact) mass is 326 g/mol. The summed E-state index contributed by atoms with van der Waals surface area (Å²) < 4.78 is 0. The topological polar surface area (TPSA) is 17.1 Å². The first-order valence-corrected chi connectivity index (χ1v) is 13.1. The highest BCUT2D eigenvalue weighted by Crippen LogP contribution is 2.13. The zero-order valence-electron chi connectivity index (χ0n) is 15.8. The van der Waals surface area contributed by atoms with Gasteiger partial charge in [0.05, 0.1) is 0 Å². The Morgan fingerprint density at radius 3 is 1.23 bits per heavy atom. The number of carbonyl (C=O) groups excluding carboxylic acids is 1. The molecule has 0 aromatic rings. The van der Waals surface area contributed by atoms with Gasteiger partial charge in [0.2, 0.25) is 0 Å². The fourth-order valence-corrected chi connectivity index (χ4v) is 3.74.